The van der Waals surface area contributed by atoms with Crippen molar-refractivity contribution in [1.82, 2.24) is 15.3 Å². The van der Waals surface area contributed by atoms with Crippen molar-refractivity contribution in [2.24, 2.45) is 0 Å². The number of hydrogen-bond acceptors (Lipinski definition) is 5. The number of aromatic nitrogens is 2. The van der Waals surface area contributed by atoms with Crippen molar-refractivity contribution < 1.29 is 9.59 Å². The van der Waals surface area contributed by atoms with Gasteiger partial charge in [0.25, 0.3) is 5.91 Å². The predicted molar refractivity (Wildman–Crippen MR) is 110 cm³/mol. The van der Waals surface area contributed by atoms with Crippen LogP contribution >= 0.6 is 11.8 Å². The molecule has 0 aliphatic rings. The third-order valence-electron chi connectivity index (χ3n) is 3.97. The number of thioether (sulfide) groups is 1. The van der Waals surface area contributed by atoms with E-state index in [-0.39, 0.29) is 23.6 Å². The molecule has 7 heteroatoms. The Balaban J connectivity index is 1.63. The summed E-state index contributed by atoms with van der Waals surface area (Å²) in [6.07, 6.45) is 3.25. The fourth-order valence-electron chi connectivity index (χ4n) is 2.57. The number of nitrogens with one attached hydrogen (secondary N) is 2. The second-order valence-corrected chi connectivity index (χ2v) is 6.96. The maximum absolute atomic E-state index is 12.7. The zero-order valence-corrected chi connectivity index (χ0v) is 16.1. The minimum Gasteiger partial charge on any atom is -0.345 e. The van der Waals surface area contributed by atoms with Crippen molar-refractivity contribution in [1.29, 1.82) is 0 Å². The van der Waals surface area contributed by atoms with Crippen LogP contribution in [-0.2, 0) is 4.79 Å². The minimum atomic E-state index is -0.244. The monoisotopic (exact) mass is 392 g/mol. The highest BCUT2D eigenvalue weighted by atomic mass is 32.2. The van der Waals surface area contributed by atoms with Crippen molar-refractivity contribution >= 4 is 29.3 Å². The van der Waals surface area contributed by atoms with E-state index in [1.54, 1.807) is 42.7 Å². The van der Waals surface area contributed by atoms with E-state index in [4.69, 9.17) is 0 Å². The summed E-state index contributed by atoms with van der Waals surface area (Å²) in [6.45, 7) is 1.92. The lowest BCUT2D eigenvalue weighted by Crippen LogP contribution is -2.28. The van der Waals surface area contributed by atoms with Crippen LogP contribution in [0.4, 0.5) is 5.69 Å². The largest absolute Gasteiger partial charge is 0.345 e. The second kappa shape index (κ2) is 9.66. The van der Waals surface area contributed by atoms with Crippen molar-refractivity contribution in [3.05, 3.63) is 84.2 Å². The summed E-state index contributed by atoms with van der Waals surface area (Å²) in [4.78, 5) is 33.2. The lowest BCUT2D eigenvalue weighted by Gasteiger charge is -2.16. The zero-order chi connectivity index (χ0) is 19.8. The quantitative estimate of drug-likeness (QED) is 0.473. The topological polar surface area (TPSA) is 84.0 Å². The van der Waals surface area contributed by atoms with E-state index < -0.39 is 0 Å². The van der Waals surface area contributed by atoms with Gasteiger partial charge in [-0.1, -0.05) is 54.2 Å². The Morgan fingerprint density at radius 1 is 0.964 bits per heavy atom. The first kappa shape index (κ1) is 19.6. The molecule has 0 saturated carbocycles. The van der Waals surface area contributed by atoms with Gasteiger partial charge in [0, 0.05) is 12.4 Å². The molecule has 2 N–H and O–H groups in total. The van der Waals surface area contributed by atoms with Gasteiger partial charge >= 0.3 is 0 Å². The van der Waals surface area contributed by atoms with Gasteiger partial charge in [-0.05, 0) is 30.7 Å². The molecule has 2 aromatic carbocycles. The summed E-state index contributed by atoms with van der Waals surface area (Å²) in [5.74, 6) is -0.319. The molecule has 1 atom stereocenters. The lowest BCUT2D eigenvalue weighted by atomic mass is 10.1. The third-order valence-corrected chi connectivity index (χ3v) is 4.84. The molecular weight excluding hydrogens is 372 g/mol. The van der Waals surface area contributed by atoms with E-state index in [1.807, 2.05) is 37.3 Å². The van der Waals surface area contributed by atoms with Gasteiger partial charge in [0.2, 0.25) is 5.91 Å². The van der Waals surface area contributed by atoms with E-state index in [9.17, 15) is 9.59 Å². The van der Waals surface area contributed by atoms with Crippen LogP contribution < -0.4 is 10.6 Å². The second-order valence-electron chi connectivity index (χ2n) is 6.02. The molecule has 28 heavy (non-hydrogen) atoms. The van der Waals surface area contributed by atoms with Gasteiger partial charge in [0.15, 0.2) is 5.16 Å². The third kappa shape index (κ3) is 5.40. The number of carbonyl (C=O) groups is 2. The standard InChI is InChI=1S/C21H20N4O2S/c1-15(16-8-3-2-4-9-16)24-20(27)17-10-5-6-11-18(17)25-19(26)14-28-21-22-12-7-13-23-21/h2-13,15H,14H2,1H3,(H,24,27)(H,25,26)/t15-/m0/s1. The van der Waals surface area contributed by atoms with Gasteiger partial charge in [0.1, 0.15) is 0 Å². The van der Waals surface area contributed by atoms with E-state index in [0.717, 1.165) is 5.56 Å². The summed E-state index contributed by atoms with van der Waals surface area (Å²) >= 11 is 1.24. The number of rotatable bonds is 7. The van der Waals surface area contributed by atoms with Crippen LogP contribution in [0.25, 0.3) is 0 Å². The Labute approximate surface area is 167 Å². The van der Waals surface area contributed by atoms with E-state index in [1.165, 1.54) is 11.8 Å². The normalized spacial score (nSPS) is 11.5. The van der Waals surface area contributed by atoms with Gasteiger partial charge in [-0.3, -0.25) is 9.59 Å². The summed E-state index contributed by atoms with van der Waals surface area (Å²) < 4.78 is 0. The Hall–Kier alpha value is -3.19. The van der Waals surface area contributed by atoms with Gasteiger partial charge in [0.05, 0.1) is 23.0 Å². The Kier molecular flexibility index (Phi) is 6.75. The van der Waals surface area contributed by atoms with E-state index in [2.05, 4.69) is 20.6 Å². The fourth-order valence-corrected chi connectivity index (χ4v) is 3.17. The Morgan fingerprint density at radius 3 is 2.39 bits per heavy atom. The average Bonchev–Trinajstić information content (AvgIpc) is 2.74. The van der Waals surface area contributed by atoms with Crippen LogP contribution in [-0.4, -0.2) is 27.5 Å². The fraction of sp³-hybridized carbons (Fsp3) is 0.143. The first-order valence-electron chi connectivity index (χ1n) is 8.78. The molecule has 6 nitrogen and oxygen atoms in total. The highest BCUT2D eigenvalue weighted by Crippen LogP contribution is 2.19. The molecule has 0 radical (unpaired) electrons. The number of nitrogens with zero attached hydrogens (tertiary/aromatic N) is 2. The maximum atomic E-state index is 12.7. The summed E-state index contributed by atoms with van der Waals surface area (Å²) in [7, 11) is 0. The van der Waals surface area contributed by atoms with Crippen LogP contribution in [0.3, 0.4) is 0 Å². The summed E-state index contributed by atoms with van der Waals surface area (Å²) in [5, 5.41) is 6.30. The number of para-hydroxylation sites is 1. The van der Waals surface area contributed by atoms with Gasteiger partial charge < -0.3 is 10.6 Å². The smallest absolute Gasteiger partial charge is 0.253 e. The molecule has 1 aromatic heterocycles. The SMILES string of the molecule is C[C@H](NC(=O)c1ccccc1NC(=O)CSc1ncccn1)c1ccccc1. The molecule has 1 heterocycles. The van der Waals surface area contributed by atoms with Crippen LogP contribution in [0, 0.1) is 0 Å². The Morgan fingerprint density at radius 2 is 1.64 bits per heavy atom. The molecule has 0 fully saturated rings. The van der Waals surface area contributed by atoms with Crippen molar-refractivity contribution in [3.63, 3.8) is 0 Å². The number of anilines is 1. The minimum absolute atomic E-state index is 0.150. The molecule has 3 aromatic rings. The molecule has 0 spiro atoms. The first-order chi connectivity index (χ1) is 13.6. The van der Waals surface area contributed by atoms with Gasteiger partial charge in [-0.15, -0.1) is 0 Å². The van der Waals surface area contributed by atoms with E-state index in [0.29, 0.717) is 16.4 Å². The predicted octanol–water partition coefficient (Wildman–Crippen LogP) is 3.70. The van der Waals surface area contributed by atoms with Crippen LogP contribution in [0.5, 0.6) is 0 Å². The summed E-state index contributed by atoms with van der Waals surface area (Å²) in [6, 6.07) is 18.2. The average molecular weight is 392 g/mol. The number of carbonyl (C=O) groups excluding carboxylic acids is 2. The molecule has 0 unspecified atom stereocenters. The van der Waals surface area contributed by atoms with E-state index >= 15 is 0 Å². The first-order valence-corrected chi connectivity index (χ1v) is 9.76. The van der Waals surface area contributed by atoms with Crippen molar-refractivity contribution in [2.75, 3.05) is 11.1 Å². The highest BCUT2D eigenvalue weighted by Gasteiger charge is 2.16. The number of amides is 2. The zero-order valence-electron chi connectivity index (χ0n) is 15.3. The molecule has 0 aliphatic heterocycles. The molecule has 2 amide bonds. The maximum Gasteiger partial charge on any atom is 0.253 e. The number of hydrogen-bond donors (Lipinski definition) is 2. The van der Waals surface area contributed by atoms with Crippen molar-refractivity contribution in [2.45, 2.75) is 18.1 Å². The summed E-state index contributed by atoms with van der Waals surface area (Å²) in [5.41, 5.74) is 1.90. The molecule has 0 bridgehead atoms. The van der Waals surface area contributed by atoms with Gasteiger partial charge in [-0.25, -0.2) is 9.97 Å². The molecule has 142 valence electrons. The molecular formula is C21H20N4O2S. The van der Waals surface area contributed by atoms with Crippen molar-refractivity contribution in [3.8, 4) is 0 Å². The van der Waals surface area contributed by atoms with Crippen LogP contribution in [0.15, 0.2) is 78.2 Å². The Bertz CT molecular complexity index is 935. The van der Waals surface area contributed by atoms with Gasteiger partial charge in [-0.2, -0.15) is 0 Å². The lowest BCUT2D eigenvalue weighted by molar-refractivity contribution is -0.113. The van der Waals surface area contributed by atoms with Crippen LogP contribution in [0.2, 0.25) is 0 Å². The highest BCUT2D eigenvalue weighted by molar-refractivity contribution is 7.99. The molecule has 0 saturated heterocycles. The molecule has 3 rings (SSSR count). The molecule has 0 aliphatic carbocycles. The van der Waals surface area contributed by atoms with Crippen LogP contribution in [0.1, 0.15) is 28.9 Å². The number of benzene rings is 2.